The lowest BCUT2D eigenvalue weighted by Gasteiger charge is -2.54. The zero-order valence-electron chi connectivity index (χ0n) is 10.7. The number of nitrogens with zero attached hydrogens (tertiary/aromatic N) is 3. The van der Waals surface area contributed by atoms with E-state index in [1.807, 2.05) is 6.07 Å². The summed E-state index contributed by atoms with van der Waals surface area (Å²) < 4.78 is 0. The molecule has 0 aromatic carbocycles. The standard InChI is InChI=1S/C15H16ClN3/c16-15-12(7-17)6-13(18-19-15)14-10-2-8-1-9(4-10)5-11(14)3-8/h6,8-11,14H,1-5H2. The monoisotopic (exact) mass is 273 g/mol. The summed E-state index contributed by atoms with van der Waals surface area (Å²) in [6.07, 6.45) is 6.86. The van der Waals surface area contributed by atoms with Crippen LogP contribution in [0.2, 0.25) is 5.15 Å². The van der Waals surface area contributed by atoms with E-state index in [-0.39, 0.29) is 5.15 Å². The maximum atomic E-state index is 9.09. The lowest BCUT2D eigenvalue weighted by atomic mass is 9.51. The fraction of sp³-hybridized carbons (Fsp3) is 0.667. The molecule has 0 N–H and O–H groups in total. The maximum Gasteiger partial charge on any atom is 0.169 e. The fourth-order valence-electron chi connectivity index (χ4n) is 5.04. The minimum atomic E-state index is 0.232. The summed E-state index contributed by atoms with van der Waals surface area (Å²) in [6, 6.07) is 4.00. The lowest BCUT2D eigenvalue weighted by molar-refractivity contribution is -0.00443. The van der Waals surface area contributed by atoms with E-state index in [0.29, 0.717) is 11.5 Å². The average molecular weight is 274 g/mol. The third-order valence-corrected chi connectivity index (χ3v) is 5.74. The Bertz CT molecular complexity index is 535. The summed E-state index contributed by atoms with van der Waals surface area (Å²) >= 11 is 5.89. The largest absolute Gasteiger partial charge is 0.192 e. The highest BCUT2D eigenvalue weighted by Crippen LogP contribution is 2.59. The quantitative estimate of drug-likeness (QED) is 0.786. The first-order valence-electron chi connectivity index (χ1n) is 7.17. The Morgan fingerprint density at radius 1 is 1.05 bits per heavy atom. The van der Waals surface area contributed by atoms with Crippen LogP contribution in [0.15, 0.2) is 6.07 Å². The first kappa shape index (κ1) is 11.7. The van der Waals surface area contributed by atoms with Crippen molar-refractivity contribution in [1.29, 1.82) is 5.26 Å². The summed E-state index contributed by atoms with van der Waals surface area (Å²) in [7, 11) is 0. The fourth-order valence-corrected chi connectivity index (χ4v) is 5.18. The number of hydrogen-bond donors (Lipinski definition) is 0. The molecule has 0 amide bonds. The van der Waals surface area contributed by atoms with E-state index in [1.165, 1.54) is 32.1 Å². The van der Waals surface area contributed by atoms with Gasteiger partial charge in [0.05, 0.1) is 11.3 Å². The van der Waals surface area contributed by atoms with Crippen LogP contribution in [-0.2, 0) is 0 Å². The van der Waals surface area contributed by atoms with Crippen LogP contribution in [0.25, 0.3) is 0 Å². The molecule has 1 aromatic rings. The summed E-state index contributed by atoms with van der Waals surface area (Å²) in [5, 5.41) is 17.6. The number of aromatic nitrogens is 2. The van der Waals surface area contributed by atoms with Gasteiger partial charge in [-0.15, -0.1) is 5.10 Å². The van der Waals surface area contributed by atoms with E-state index in [4.69, 9.17) is 16.9 Å². The Balaban J connectivity index is 1.71. The second-order valence-corrected chi connectivity index (χ2v) is 6.90. The van der Waals surface area contributed by atoms with Crippen molar-refractivity contribution in [3.8, 4) is 6.07 Å². The molecule has 3 nitrogen and oxygen atoms in total. The van der Waals surface area contributed by atoms with Crippen LogP contribution in [0, 0.1) is 35.0 Å². The molecule has 4 heteroatoms. The van der Waals surface area contributed by atoms with Gasteiger partial charge in [0, 0.05) is 5.92 Å². The third kappa shape index (κ3) is 1.77. The van der Waals surface area contributed by atoms with Gasteiger partial charge in [-0.1, -0.05) is 11.6 Å². The van der Waals surface area contributed by atoms with Crippen LogP contribution in [0.4, 0.5) is 0 Å². The molecule has 1 aromatic heterocycles. The Labute approximate surface area is 118 Å². The molecule has 0 radical (unpaired) electrons. The number of rotatable bonds is 1. The highest BCUT2D eigenvalue weighted by atomic mass is 35.5. The Morgan fingerprint density at radius 3 is 2.26 bits per heavy atom. The van der Waals surface area contributed by atoms with Crippen molar-refractivity contribution in [3.05, 3.63) is 22.5 Å². The highest BCUT2D eigenvalue weighted by molar-refractivity contribution is 6.30. The first-order chi connectivity index (χ1) is 9.24. The van der Waals surface area contributed by atoms with E-state index in [2.05, 4.69) is 16.3 Å². The molecule has 19 heavy (non-hydrogen) atoms. The van der Waals surface area contributed by atoms with E-state index in [0.717, 1.165) is 29.4 Å². The molecule has 4 saturated carbocycles. The SMILES string of the molecule is N#Cc1cc(C2C3CC4CC(C3)CC2C4)nnc1Cl. The summed E-state index contributed by atoms with van der Waals surface area (Å²) in [6.45, 7) is 0. The smallest absolute Gasteiger partial charge is 0.169 e. The number of hydrogen-bond acceptors (Lipinski definition) is 3. The summed E-state index contributed by atoms with van der Waals surface area (Å²) in [5.41, 5.74) is 1.48. The predicted molar refractivity (Wildman–Crippen MR) is 71.5 cm³/mol. The first-order valence-corrected chi connectivity index (χ1v) is 7.55. The van der Waals surface area contributed by atoms with Gasteiger partial charge < -0.3 is 0 Å². The van der Waals surface area contributed by atoms with Gasteiger partial charge in [0.1, 0.15) is 6.07 Å². The van der Waals surface area contributed by atoms with Crippen LogP contribution in [0.1, 0.15) is 49.3 Å². The van der Waals surface area contributed by atoms with Gasteiger partial charge in [-0.25, -0.2) is 0 Å². The second kappa shape index (κ2) is 4.18. The van der Waals surface area contributed by atoms with Crippen molar-refractivity contribution in [2.24, 2.45) is 23.7 Å². The molecule has 4 fully saturated rings. The Hall–Kier alpha value is -1.14. The normalized spacial score (nSPS) is 39.3. The van der Waals surface area contributed by atoms with E-state index in [9.17, 15) is 0 Å². The van der Waals surface area contributed by atoms with Crippen molar-refractivity contribution in [1.82, 2.24) is 10.2 Å². The number of nitriles is 1. The molecule has 5 rings (SSSR count). The molecular formula is C15H16ClN3. The van der Waals surface area contributed by atoms with E-state index in [1.54, 1.807) is 0 Å². The van der Waals surface area contributed by atoms with Crippen LogP contribution in [0.3, 0.4) is 0 Å². The molecule has 0 saturated heterocycles. The molecule has 1 heterocycles. The van der Waals surface area contributed by atoms with Gasteiger partial charge in [-0.2, -0.15) is 10.4 Å². The van der Waals surface area contributed by atoms with Gasteiger partial charge in [-0.05, 0) is 61.8 Å². The van der Waals surface area contributed by atoms with Gasteiger partial charge in [0.25, 0.3) is 0 Å². The Morgan fingerprint density at radius 2 is 1.68 bits per heavy atom. The van der Waals surface area contributed by atoms with Crippen molar-refractivity contribution < 1.29 is 0 Å². The lowest BCUT2D eigenvalue weighted by Crippen LogP contribution is -2.44. The molecule has 0 spiro atoms. The average Bonchev–Trinajstić information content (AvgIpc) is 2.39. The van der Waals surface area contributed by atoms with Crippen molar-refractivity contribution in [3.63, 3.8) is 0 Å². The van der Waals surface area contributed by atoms with E-state index < -0.39 is 0 Å². The maximum absolute atomic E-state index is 9.09. The van der Waals surface area contributed by atoms with Crippen molar-refractivity contribution in [2.45, 2.75) is 38.0 Å². The molecule has 98 valence electrons. The van der Waals surface area contributed by atoms with Gasteiger partial charge in [0.2, 0.25) is 0 Å². The number of halogens is 1. The van der Waals surface area contributed by atoms with Crippen LogP contribution < -0.4 is 0 Å². The zero-order chi connectivity index (χ0) is 13.0. The molecule has 4 aliphatic rings. The van der Waals surface area contributed by atoms with Crippen molar-refractivity contribution >= 4 is 11.6 Å². The second-order valence-electron chi connectivity index (χ2n) is 6.54. The molecule has 0 unspecified atom stereocenters. The molecule has 4 bridgehead atoms. The third-order valence-electron chi connectivity index (χ3n) is 5.46. The molecular weight excluding hydrogens is 258 g/mol. The minimum Gasteiger partial charge on any atom is -0.192 e. The van der Waals surface area contributed by atoms with Gasteiger partial charge in [0.15, 0.2) is 5.15 Å². The van der Waals surface area contributed by atoms with Crippen molar-refractivity contribution in [2.75, 3.05) is 0 Å². The van der Waals surface area contributed by atoms with Crippen LogP contribution >= 0.6 is 11.6 Å². The molecule has 4 aliphatic carbocycles. The van der Waals surface area contributed by atoms with Crippen LogP contribution in [0.5, 0.6) is 0 Å². The zero-order valence-corrected chi connectivity index (χ0v) is 11.5. The highest BCUT2D eigenvalue weighted by Gasteiger charge is 2.49. The summed E-state index contributed by atoms with van der Waals surface area (Å²) in [5.74, 6) is 3.95. The molecule has 0 atom stereocenters. The minimum absolute atomic E-state index is 0.232. The van der Waals surface area contributed by atoms with Gasteiger partial charge >= 0.3 is 0 Å². The predicted octanol–water partition coefficient (Wildman–Crippen LogP) is 3.54. The Kier molecular flexibility index (Phi) is 2.57. The topological polar surface area (TPSA) is 49.6 Å². The molecule has 0 aliphatic heterocycles. The van der Waals surface area contributed by atoms with E-state index >= 15 is 0 Å². The van der Waals surface area contributed by atoms with Crippen LogP contribution in [-0.4, -0.2) is 10.2 Å². The van der Waals surface area contributed by atoms with Gasteiger partial charge in [-0.3, -0.25) is 0 Å². The summed E-state index contributed by atoms with van der Waals surface area (Å²) in [4.78, 5) is 0.